The molecular formula is C21H18N4O3S. The molecule has 3 aromatic heterocycles. The molecule has 0 fully saturated rings. The van der Waals surface area contributed by atoms with Gasteiger partial charge < -0.3 is 10.0 Å². The maximum absolute atomic E-state index is 13.4. The second-order valence-electron chi connectivity index (χ2n) is 6.68. The molecule has 1 atom stereocenters. The van der Waals surface area contributed by atoms with Gasteiger partial charge >= 0.3 is 0 Å². The Labute approximate surface area is 171 Å². The Balaban J connectivity index is 1.81. The van der Waals surface area contributed by atoms with Gasteiger partial charge in [0.15, 0.2) is 5.76 Å². The molecule has 8 heteroatoms. The first-order valence-corrected chi connectivity index (χ1v) is 9.81. The van der Waals surface area contributed by atoms with Gasteiger partial charge in [-0.15, -0.1) is 11.3 Å². The van der Waals surface area contributed by atoms with Crippen molar-refractivity contribution in [1.29, 1.82) is 0 Å². The molecule has 3 aromatic rings. The lowest BCUT2D eigenvalue weighted by Gasteiger charge is -2.26. The fourth-order valence-electron chi connectivity index (χ4n) is 3.47. The molecule has 1 aliphatic heterocycles. The predicted molar refractivity (Wildman–Crippen MR) is 107 cm³/mol. The van der Waals surface area contributed by atoms with Gasteiger partial charge in [-0.05, 0) is 43.7 Å². The van der Waals surface area contributed by atoms with E-state index >= 15 is 0 Å². The molecule has 0 bridgehead atoms. The van der Waals surface area contributed by atoms with Gasteiger partial charge in [0, 0.05) is 18.6 Å². The van der Waals surface area contributed by atoms with Crippen molar-refractivity contribution in [3.63, 3.8) is 0 Å². The first-order chi connectivity index (χ1) is 14.0. The molecule has 1 N–H and O–H groups in total. The van der Waals surface area contributed by atoms with Crippen molar-refractivity contribution in [3.05, 3.63) is 87.1 Å². The second kappa shape index (κ2) is 7.56. The molecule has 0 spiro atoms. The van der Waals surface area contributed by atoms with Gasteiger partial charge in [-0.2, -0.15) is 0 Å². The average molecular weight is 406 g/mol. The van der Waals surface area contributed by atoms with E-state index in [4.69, 9.17) is 0 Å². The number of ketones is 1. The summed E-state index contributed by atoms with van der Waals surface area (Å²) in [5, 5.41) is 11.4. The lowest BCUT2D eigenvalue weighted by atomic mass is 9.95. The number of hydrogen-bond acceptors (Lipinski definition) is 7. The highest BCUT2D eigenvalue weighted by atomic mass is 32.1. The van der Waals surface area contributed by atoms with Crippen LogP contribution in [0.4, 0.5) is 0 Å². The highest BCUT2D eigenvalue weighted by Crippen LogP contribution is 2.40. The third kappa shape index (κ3) is 3.42. The topological polar surface area (TPSA) is 96.3 Å². The molecule has 0 saturated heterocycles. The van der Waals surface area contributed by atoms with Crippen LogP contribution in [0.2, 0.25) is 0 Å². The van der Waals surface area contributed by atoms with Gasteiger partial charge in [0.1, 0.15) is 0 Å². The summed E-state index contributed by atoms with van der Waals surface area (Å²) in [4.78, 5) is 40.8. The van der Waals surface area contributed by atoms with Crippen LogP contribution >= 0.6 is 11.3 Å². The van der Waals surface area contributed by atoms with E-state index in [1.165, 1.54) is 16.2 Å². The van der Waals surface area contributed by atoms with Crippen LogP contribution in [0, 0.1) is 13.8 Å². The molecule has 0 aromatic carbocycles. The van der Waals surface area contributed by atoms with Crippen molar-refractivity contribution in [1.82, 2.24) is 19.9 Å². The third-order valence-corrected chi connectivity index (χ3v) is 5.81. The molecule has 146 valence electrons. The Morgan fingerprint density at radius 3 is 2.55 bits per heavy atom. The molecule has 4 heterocycles. The number of carbonyl (C=O) groups is 2. The minimum atomic E-state index is -0.734. The molecule has 0 aliphatic carbocycles. The summed E-state index contributed by atoms with van der Waals surface area (Å²) in [5.41, 5.74) is 1.99. The monoisotopic (exact) mass is 406 g/mol. The van der Waals surface area contributed by atoms with E-state index in [1.807, 2.05) is 13.0 Å². The van der Waals surface area contributed by atoms with E-state index < -0.39 is 17.7 Å². The standard InChI is InChI=1S/C21H18N4O3S/c1-12-20(29-13(2)24-12)18(26)16-17(14-6-9-22-10-7-14)25(21(28)19(16)27)11-15-5-3-4-8-23-15/h3-10,17,27H,11H2,1-2H3. The van der Waals surface area contributed by atoms with Crippen LogP contribution in [-0.2, 0) is 11.3 Å². The zero-order valence-electron chi connectivity index (χ0n) is 15.9. The van der Waals surface area contributed by atoms with Crippen molar-refractivity contribution in [2.24, 2.45) is 0 Å². The van der Waals surface area contributed by atoms with Gasteiger partial charge in [-0.1, -0.05) is 6.07 Å². The lowest BCUT2D eigenvalue weighted by molar-refractivity contribution is -0.130. The van der Waals surface area contributed by atoms with E-state index in [0.29, 0.717) is 21.8 Å². The van der Waals surface area contributed by atoms with Crippen LogP contribution in [0.15, 0.2) is 60.3 Å². The zero-order chi connectivity index (χ0) is 20.5. The first kappa shape index (κ1) is 18.9. The number of thiazole rings is 1. The summed E-state index contributed by atoms with van der Waals surface area (Å²) in [7, 11) is 0. The number of aliphatic hydroxyl groups excluding tert-OH is 1. The average Bonchev–Trinajstić information content (AvgIpc) is 3.19. The number of rotatable bonds is 5. The van der Waals surface area contributed by atoms with Crippen molar-refractivity contribution in [2.45, 2.75) is 26.4 Å². The number of nitrogens with zero attached hydrogens (tertiary/aromatic N) is 4. The van der Waals surface area contributed by atoms with Gasteiger partial charge in [0.25, 0.3) is 5.91 Å². The SMILES string of the molecule is Cc1nc(C)c(C(=O)C2=C(O)C(=O)N(Cc3ccccn3)C2c2ccncc2)s1. The molecule has 7 nitrogen and oxygen atoms in total. The van der Waals surface area contributed by atoms with Crippen LogP contribution in [0.25, 0.3) is 0 Å². The predicted octanol–water partition coefficient (Wildman–Crippen LogP) is 3.33. The fourth-order valence-corrected chi connectivity index (χ4v) is 4.35. The maximum Gasteiger partial charge on any atom is 0.290 e. The highest BCUT2D eigenvalue weighted by molar-refractivity contribution is 7.14. The molecule has 4 rings (SSSR count). The zero-order valence-corrected chi connectivity index (χ0v) is 16.7. The molecular weight excluding hydrogens is 388 g/mol. The Bertz CT molecular complexity index is 1110. The molecule has 0 radical (unpaired) electrons. The summed E-state index contributed by atoms with van der Waals surface area (Å²) in [6.07, 6.45) is 4.83. The second-order valence-corrected chi connectivity index (χ2v) is 7.88. The van der Waals surface area contributed by atoms with E-state index in [-0.39, 0.29) is 17.9 Å². The molecule has 1 unspecified atom stereocenters. The number of hydrogen-bond donors (Lipinski definition) is 1. The van der Waals surface area contributed by atoms with Gasteiger partial charge in [0.05, 0.1) is 39.4 Å². The molecule has 1 aliphatic rings. The normalized spacial score (nSPS) is 16.6. The summed E-state index contributed by atoms with van der Waals surface area (Å²) in [6, 6.07) is 8.15. The number of aryl methyl sites for hydroxylation is 2. The Kier molecular flexibility index (Phi) is 4.94. The minimum Gasteiger partial charge on any atom is -0.503 e. The van der Waals surface area contributed by atoms with Gasteiger partial charge in [-0.3, -0.25) is 19.6 Å². The Morgan fingerprint density at radius 2 is 1.93 bits per heavy atom. The lowest BCUT2D eigenvalue weighted by Crippen LogP contribution is -2.31. The fraction of sp³-hybridized carbons (Fsp3) is 0.190. The van der Waals surface area contributed by atoms with E-state index in [1.54, 1.807) is 49.8 Å². The number of aliphatic hydroxyl groups is 1. The number of carbonyl (C=O) groups excluding carboxylic acids is 2. The quantitative estimate of drug-likeness (QED) is 0.653. The molecule has 0 saturated carbocycles. The van der Waals surface area contributed by atoms with E-state index in [9.17, 15) is 14.7 Å². The maximum atomic E-state index is 13.4. The Morgan fingerprint density at radius 1 is 1.17 bits per heavy atom. The van der Waals surface area contributed by atoms with Gasteiger partial charge in [-0.25, -0.2) is 4.98 Å². The van der Waals surface area contributed by atoms with Crippen LogP contribution in [0.3, 0.4) is 0 Å². The van der Waals surface area contributed by atoms with Crippen molar-refractivity contribution < 1.29 is 14.7 Å². The summed E-state index contributed by atoms with van der Waals surface area (Å²) in [5.74, 6) is -1.51. The number of Topliss-reactive ketones (excluding diaryl/α,β-unsaturated/α-hetero) is 1. The van der Waals surface area contributed by atoms with Crippen molar-refractivity contribution in [3.8, 4) is 0 Å². The smallest absolute Gasteiger partial charge is 0.290 e. The van der Waals surface area contributed by atoms with Crippen LogP contribution < -0.4 is 0 Å². The number of pyridine rings is 2. The summed E-state index contributed by atoms with van der Waals surface area (Å²) >= 11 is 1.25. The number of amides is 1. The Hall–Kier alpha value is -3.39. The number of aromatic nitrogens is 3. The van der Waals surface area contributed by atoms with Crippen molar-refractivity contribution in [2.75, 3.05) is 0 Å². The molecule has 1 amide bonds. The minimum absolute atomic E-state index is 0.0591. The van der Waals surface area contributed by atoms with Gasteiger partial charge in [0.2, 0.25) is 5.78 Å². The summed E-state index contributed by atoms with van der Waals surface area (Å²) < 4.78 is 0. The summed E-state index contributed by atoms with van der Waals surface area (Å²) in [6.45, 7) is 3.72. The molecule has 29 heavy (non-hydrogen) atoms. The van der Waals surface area contributed by atoms with E-state index in [0.717, 1.165) is 5.01 Å². The largest absolute Gasteiger partial charge is 0.503 e. The van der Waals surface area contributed by atoms with Crippen molar-refractivity contribution >= 4 is 23.0 Å². The highest BCUT2D eigenvalue weighted by Gasteiger charge is 2.44. The van der Waals surface area contributed by atoms with Crippen LogP contribution in [-0.4, -0.2) is 36.6 Å². The third-order valence-electron chi connectivity index (χ3n) is 4.74. The first-order valence-electron chi connectivity index (χ1n) is 9.00. The van der Waals surface area contributed by atoms with Crippen LogP contribution in [0.1, 0.15) is 37.7 Å². The van der Waals surface area contributed by atoms with E-state index in [2.05, 4.69) is 15.0 Å². The van der Waals surface area contributed by atoms with Crippen LogP contribution in [0.5, 0.6) is 0 Å².